The lowest BCUT2D eigenvalue weighted by molar-refractivity contribution is 0.319. The Morgan fingerprint density at radius 3 is 2.70 bits per heavy atom. The van der Waals surface area contributed by atoms with Crippen LogP contribution in [0.4, 0.5) is 5.69 Å². The minimum Gasteiger partial charge on any atom is -0.398 e. The van der Waals surface area contributed by atoms with Gasteiger partial charge in [0.15, 0.2) is 0 Å². The fourth-order valence-corrected chi connectivity index (χ4v) is 2.49. The van der Waals surface area contributed by atoms with E-state index in [1.54, 1.807) is 0 Å². The molecule has 0 aromatic heterocycles. The lowest BCUT2D eigenvalue weighted by Gasteiger charge is -2.18. The van der Waals surface area contributed by atoms with Gasteiger partial charge in [-0.25, -0.2) is 0 Å². The molecule has 0 aliphatic carbocycles. The van der Waals surface area contributed by atoms with Crippen molar-refractivity contribution in [3.05, 3.63) is 63.6 Å². The van der Waals surface area contributed by atoms with Gasteiger partial charge in [0.2, 0.25) is 0 Å². The van der Waals surface area contributed by atoms with Gasteiger partial charge in [-0.15, -0.1) is 0 Å². The summed E-state index contributed by atoms with van der Waals surface area (Å²) in [5, 5.41) is 8.91. The van der Waals surface area contributed by atoms with Crippen LogP contribution in [0.5, 0.6) is 0 Å². The average molecular weight is 330 g/mol. The van der Waals surface area contributed by atoms with Gasteiger partial charge in [-0.3, -0.25) is 4.90 Å². The zero-order chi connectivity index (χ0) is 14.5. The molecule has 0 fully saturated rings. The lowest BCUT2D eigenvalue weighted by atomic mass is 10.1. The molecule has 0 saturated carbocycles. The van der Waals surface area contributed by atoms with E-state index in [9.17, 15) is 0 Å². The first-order valence-electron chi connectivity index (χ1n) is 6.30. The monoisotopic (exact) mass is 329 g/mol. The number of anilines is 1. The molecule has 0 saturated heterocycles. The van der Waals surface area contributed by atoms with Crippen molar-refractivity contribution >= 4 is 21.6 Å². The molecule has 0 spiro atoms. The average Bonchev–Trinajstić information content (AvgIpc) is 2.42. The van der Waals surface area contributed by atoms with E-state index < -0.39 is 0 Å². The maximum absolute atomic E-state index is 8.91. The fourth-order valence-electron chi connectivity index (χ4n) is 2.11. The smallest absolute Gasteiger partial charge is 0.0991 e. The highest BCUT2D eigenvalue weighted by Crippen LogP contribution is 2.20. The van der Waals surface area contributed by atoms with Crippen LogP contribution in [0.3, 0.4) is 0 Å². The maximum atomic E-state index is 8.91. The molecule has 0 bridgehead atoms. The van der Waals surface area contributed by atoms with Crippen LogP contribution >= 0.6 is 15.9 Å². The molecule has 0 unspecified atom stereocenters. The Bertz CT molecular complexity index is 646. The summed E-state index contributed by atoms with van der Waals surface area (Å²) in [6, 6.07) is 15.8. The Kier molecular flexibility index (Phi) is 4.78. The molecule has 0 aliphatic rings. The van der Waals surface area contributed by atoms with E-state index in [1.165, 1.54) is 0 Å². The normalized spacial score (nSPS) is 10.5. The molecule has 102 valence electrons. The molecule has 0 atom stereocenters. The third kappa shape index (κ3) is 3.83. The van der Waals surface area contributed by atoms with Gasteiger partial charge in [0.05, 0.1) is 11.6 Å². The molecule has 20 heavy (non-hydrogen) atoms. The second-order valence-electron chi connectivity index (χ2n) is 4.83. The van der Waals surface area contributed by atoms with Crippen molar-refractivity contribution in [3.8, 4) is 6.07 Å². The van der Waals surface area contributed by atoms with Gasteiger partial charge in [-0.2, -0.15) is 5.26 Å². The van der Waals surface area contributed by atoms with Crippen LogP contribution in [0.25, 0.3) is 0 Å². The van der Waals surface area contributed by atoms with Crippen LogP contribution < -0.4 is 5.73 Å². The number of rotatable bonds is 4. The van der Waals surface area contributed by atoms with Crippen LogP contribution in [0.1, 0.15) is 16.7 Å². The Balaban J connectivity index is 2.05. The van der Waals surface area contributed by atoms with Crippen molar-refractivity contribution in [2.24, 2.45) is 0 Å². The zero-order valence-electron chi connectivity index (χ0n) is 11.3. The second kappa shape index (κ2) is 6.56. The van der Waals surface area contributed by atoms with Crippen LogP contribution in [-0.4, -0.2) is 11.9 Å². The first kappa shape index (κ1) is 14.6. The van der Waals surface area contributed by atoms with Gasteiger partial charge in [0.1, 0.15) is 0 Å². The van der Waals surface area contributed by atoms with Crippen molar-refractivity contribution < 1.29 is 0 Å². The maximum Gasteiger partial charge on any atom is 0.0991 e. The molecule has 0 heterocycles. The predicted molar refractivity (Wildman–Crippen MR) is 84.9 cm³/mol. The van der Waals surface area contributed by atoms with Crippen LogP contribution in [0.2, 0.25) is 0 Å². The number of nitriles is 1. The topological polar surface area (TPSA) is 53.0 Å². The Morgan fingerprint density at radius 2 is 2.00 bits per heavy atom. The molecule has 4 heteroatoms. The molecule has 0 aliphatic heterocycles. The second-order valence-corrected chi connectivity index (χ2v) is 5.74. The van der Waals surface area contributed by atoms with Crippen molar-refractivity contribution in [3.63, 3.8) is 0 Å². The highest BCUT2D eigenvalue weighted by Gasteiger charge is 2.06. The van der Waals surface area contributed by atoms with Gasteiger partial charge < -0.3 is 5.73 Å². The minimum absolute atomic E-state index is 0.694. The largest absolute Gasteiger partial charge is 0.398 e. The van der Waals surface area contributed by atoms with E-state index in [0.29, 0.717) is 5.56 Å². The van der Waals surface area contributed by atoms with Crippen LogP contribution in [0.15, 0.2) is 46.9 Å². The fraction of sp³-hybridized carbons (Fsp3) is 0.188. The first-order valence-corrected chi connectivity index (χ1v) is 7.09. The molecule has 3 nitrogen and oxygen atoms in total. The first-order chi connectivity index (χ1) is 9.58. The van der Waals surface area contributed by atoms with Gasteiger partial charge in [-0.1, -0.05) is 34.1 Å². The number of nitrogens with two attached hydrogens (primary N) is 1. The van der Waals surface area contributed by atoms with Crippen molar-refractivity contribution in [2.45, 2.75) is 13.1 Å². The number of hydrogen-bond acceptors (Lipinski definition) is 3. The number of halogens is 1. The Hall–Kier alpha value is -1.83. The van der Waals surface area contributed by atoms with E-state index in [0.717, 1.165) is 34.4 Å². The van der Waals surface area contributed by atoms with E-state index in [1.807, 2.05) is 49.5 Å². The number of hydrogen-bond donors (Lipinski definition) is 1. The van der Waals surface area contributed by atoms with E-state index in [4.69, 9.17) is 11.0 Å². The van der Waals surface area contributed by atoms with Gasteiger partial charge in [-0.05, 0) is 42.4 Å². The minimum atomic E-state index is 0.694. The van der Waals surface area contributed by atoms with Gasteiger partial charge in [0.25, 0.3) is 0 Å². The molecule has 0 radical (unpaired) electrons. The summed E-state index contributed by atoms with van der Waals surface area (Å²) in [5.74, 6) is 0. The molecule has 2 aromatic carbocycles. The molecular weight excluding hydrogens is 314 g/mol. The highest BCUT2D eigenvalue weighted by molar-refractivity contribution is 9.10. The summed E-state index contributed by atoms with van der Waals surface area (Å²) in [4.78, 5) is 2.18. The highest BCUT2D eigenvalue weighted by atomic mass is 79.9. The molecular formula is C16H16BrN3. The van der Waals surface area contributed by atoms with Crippen LogP contribution in [0, 0.1) is 11.3 Å². The third-order valence-corrected chi connectivity index (χ3v) is 3.55. The predicted octanol–water partition coefficient (Wildman–Crippen LogP) is 3.53. The zero-order valence-corrected chi connectivity index (χ0v) is 12.9. The summed E-state index contributed by atoms with van der Waals surface area (Å²) in [5.41, 5.74) is 9.72. The summed E-state index contributed by atoms with van der Waals surface area (Å²) in [6.45, 7) is 1.56. The quantitative estimate of drug-likeness (QED) is 0.873. The molecule has 0 amide bonds. The number of nitrogen functional groups attached to an aromatic ring is 1. The van der Waals surface area contributed by atoms with E-state index in [-0.39, 0.29) is 0 Å². The van der Waals surface area contributed by atoms with Crippen LogP contribution in [-0.2, 0) is 13.1 Å². The Labute approximate surface area is 127 Å². The summed E-state index contributed by atoms with van der Waals surface area (Å²) in [6.07, 6.45) is 0. The summed E-state index contributed by atoms with van der Waals surface area (Å²) in [7, 11) is 2.04. The molecule has 2 aromatic rings. The molecule has 2 N–H and O–H groups in total. The summed E-state index contributed by atoms with van der Waals surface area (Å²) < 4.78 is 0.989. The van der Waals surface area contributed by atoms with Gasteiger partial charge in [0, 0.05) is 23.2 Å². The molecule has 2 rings (SSSR count). The summed E-state index contributed by atoms with van der Waals surface area (Å²) >= 11 is 3.41. The Morgan fingerprint density at radius 1 is 1.20 bits per heavy atom. The van der Waals surface area contributed by atoms with E-state index >= 15 is 0 Å². The van der Waals surface area contributed by atoms with Crippen molar-refractivity contribution in [2.75, 3.05) is 12.8 Å². The number of nitrogens with zero attached hydrogens (tertiary/aromatic N) is 2. The van der Waals surface area contributed by atoms with Crippen molar-refractivity contribution in [1.29, 1.82) is 5.26 Å². The lowest BCUT2D eigenvalue weighted by Crippen LogP contribution is -2.18. The van der Waals surface area contributed by atoms with E-state index in [2.05, 4.69) is 26.9 Å². The SMILES string of the molecule is CN(Cc1cccc(C#N)c1)Cc1ccc(Br)cc1N. The van der Waals surface area contributed by atoms with Crippen molar-refractivity contribution in [1.82, 2.24) is 4.90 Å². The van der Waals surface area contributed by atoms with Gasteiger partial charge >= 0.3 is 0 Å². The number of benzene rings is 2. The third-order valence-electron chi connectivity index (χ3n) is 3.06. The standard InChI is InChI=1S/C16H16BrN3/c1-20(10-13-4-2-3-12(7-13)9-18)11-14-5-6-15(17)8-16(14)19/h2-8H,10-11,19H2,1H3.